The standard InChI is InChI=1S/C23H27N5O4S/c1-15-12-17(10-11-20(15)33(4,31)32)25-23-24-13-18(22(30)28(2)3)21(27-23)26-19(14-29)16-8-6-5-7-9-16/h5-13,19,29H,14H2,1-4H3,(H2,24,25,26,27)/t19-/m1/s1. The van der Waals surface area contributed by atoms with Gasteiger partial charge >= 0.3 is 0 Å². The van der Waals surface area contributed by atoms with E-state index in [0.717, 1.165) is 11.8 Å². The number of aliphatic hydroxyl groups is 1. The molecule has 0 aliphatic carbocycles. The molecule has 3 aromatic rings. The second kappa shape index (κ2) is 9.97. The lowest BCUT2D eigenvalue weighted by Crippen LogP contribution is -2.25. The topological polar surface area (TPSA) is 125 Å². The van der Waals surface area contributed by atoms with Crippen molar-refractivity contribution in [3.63, 3.8) is 0 Å². The van der Waals surface area contributed by atoms with Crippen molar-refractivity contribution in [2.75, 3.05) is 37.6 Å². The maximum atomic E-state index is 12.7. The van der Waals surface area contributed by atoms with Gasteiger partial charge < -0.3 is 20.6 Å². The maximum Gasteiger partial charge on any atom is 0.258 e. The van der Waals surface area contributed by atoms with Gasteiger partial charge in [-0.3, -0.25) is 4.79 Å². The summed E-state index contributed by atoms with van der Waals surface area (Å²) in [5.41, 5.74) is 2.27. The molecular weight excluding hydrogens is 442 g/mol. The quantitative estimate of drug-likeness (QED) is 0.460. The van der Waals surface area contributed by atoms with E-state index in [4.69, 9.17) is 0 Å². The number of nitrogens with zero attached hydrogens (tertiary/aromatic N) is 3. The number of anilines is 3. The number of nitrogens with one attached hydrogen (secondary N) is 2. The summed E-state index contributed by atoms with van der Waals surface area (Å²) in [6.07, 6.45) is 2.57. The maximum absolute atomic E-state index is 12.7. The smallest absolute Gasteiger partial charge is 0.258 e. The van der Waals surface area contributed by atoms with Gasteiger partial charge in [0.15, 0.2) is 9.84 Å². The summed E-state index contributed by atoms with van der Waals surface area (Å²) >= 11 is 0. The minimum atomic E-state index is -3.33. The summed E-state index contributed by atoms with van der Waals surface area (Å²) in [5, 5.41) is 16.1. The van der Waals surface area contributed by atoms with Crippen LogP contribution < -0.4 is 10.6 Å². The van der Waals surface area contributed by atoms with Crippen LogP contribution in [-0.2, 0) is 9.84 Å². The van der Waals surface area contributed by atoms with Gasteiger partial charge in [-0.15, -0.1) is 0 Å². The van der Waals surface area contributed by atoms with Crippen LogP contribution in [0.3, 0.4) is 0 Å². The van der Waals surface area contributed by atoms with Crippen LogP contribution >= 0.6 is 0 Å². The van der Waals surface area contributed by atoms with Crippen molar-refractivity contribution in [1.29, 1.82) is 0 Å². The third kappa shape index (κ3) is 5.85. The molecule has 0 unspecified atom stereocenters. The number of hydrogen-bond donors (Lipinski definition) is 3. The minimum absolute atomic E-state index is 0.210. The number of sulfone groups is 1. The first-order valence-electron chi connectivity index (χ1n) is 10.2. The van der Waals surface area contributed by atoms with E-state index >= 15 is 0 Å². The fourth-order valence-corrected chi connectivity index (χ4v) is 4.27. The molecule has 0 spiro atoms. The molecule has 174 valence electrons. The van der Waals surface area contributed by atoms with Gasteiger partial charge in [0.2, 0.25) is 5.95 Å². The number of aliphatic hydroxyl groups excluding tert-OH is 1. The van der Waals surface area contributed by atoms with Gasteiger partial charge in [0, 0.05) is 32.2 Å². The van der Waals surface area contributed by atoms with Gasteiger partial charge in [-0.1, -0.05) is 30.3 Å². The van der Waals surface area contributed by atoms with E-state index in [1.165, 1.54) is 17.2 Å². The molecule has 0 saturated heterocycles. The Morgan fingerprint density at radius 3 is 2.42 bits per heavy atom. The summed E-state index contributed by atoms with van der Waals surface area (Å²) in [6, 6.07) is 13.7. The zero-order chi connectivity index (χ0) is 24.2. The molecule has 2 aromatic carbocycles. The van der Waals surface area contributed by atoms with E-state index in [2.05, 4.69) is 20.6 Å². The summed E-state index contributed by atoms with van der Waals surface area (Å²) in [7, 11) is -0.0706. The Labute approximate surface area is 193 Å². The van der Waals surface area contributed by atoms with Crippen LogP contribution in [0.5, 0.6) is 0 Å². The number of carbonyl (C=O) groups is 1. The highest BCUT2D eigenvalue weighted by atomic mass is 32.2. The Hall–Kier alpha value is -3.50. The molecule has 0 fully saturated rings. The Bertz CT molecular complexity index is 1250. The van der Waals surface area contributed by atoms with Crippen LogP contribution in [0.4, 0.5) is 17.5 Å². The first-order chi connectivity index (χ1) is 15.6. The number of hydrogen-bond acceptors (Lipinski definition) is 8. The SMILES string of the molecule is Cc1cc(Nc2ncc(C(=O)N(C)C)c(N[C@H](CO)c3ccccc3)n2)ccc1S(C)(=O)=O. The molecule has 9 nitrogen and oxygen atoms in total. The fourth-order valence-electron chi connectivity index (χ4n) is 3.31. The Balaban J connectivity index is 1.96. The average molecular weight is 470 g/mol. The van der Waals surface area contributed by atoms with E-state index < -0.39 is 15.9 Å². The molecule has 0 saturated carbocycles. The lowest BCUT2D eigenvalue weighted by molar-refractivity contribution is 0.0827. The van der Waals surface area contributed by atoms with Crippen LogP contribution in [0.1, 0.15) is 27.5 Å². The highest BCUT2D eigenvalue weighted by Crippen LogP contribution is 2.25. The number of rotatable bonds is 8. The molecule has 1 heterocycles. The lowest BCUT2D eigenvalue weighted by Gasteiger charge is -2.21. The van der Waals surface area contributed by atoms with E-state index in [9.17, 15) is 18.3 Å². The van der Waals surface area contributed by atoms with Gasteiger partial charge in [0.05, 0.1) is 17.5 Å². The minimum Gasteiger partial charge on any atom is -0.394 e. The molecule has 3 N–H and O–H groups in total. The summed E-state index contributed by atoms with van der Waals surface area (Å²) in [5.74, 6) is 0.185. The first-order valence-corrected chi connectivity index (χ1v) is 12.1. The van der Waals surface area contributed by atoms with Crippen LogP contribution in [0.25, 0.3) is 0 Å². The van der Waals surface area contributed by atoms with Crippen LogP contribution in [-0.4, -0.2) is 61.3 Å². The Morgan fingerprint density at radius 1 is 1.15 bits per heavy atom. The largest absolute Gasteiger partial charge is 0.394 e. The van der Waals surface area contributed by atoms with Crippen molar-refractivity contribution in [2.24, 2.45) is 0 Å². The van der Waals surface area contributed by atoms with Gasteiger partial charge in [0.25, 0.3) is 5.91 Å². The summed E-state index contributed by atoms with van der Waals surface area (Å²) in [6.45, 7) is 1.50. The van der Waals surface area contributed by atoms with Crippen LogP contribution in [0.15, 0.2) is 59.6 Å². The highest BCUT2D eigenvalue weighted by molar-refractivity contribution is 7.90. The van der Waals surface area contributed by atoms with Crippen molar-refractivity contribution in [1.82, 2.24) is 14.9 Å². The zero-order valence-corrected chi connectivity index (χ0v) is 19.7. The Morgan fingerprint density at radius 2 is 1.85 bits per heavy atom. The highest BCUT2D eigenvalue weighted by Gasteiger charge is 2.20. The molecule has 1 aromatic heterocycles. The van der Waals surface area contributed by atoms with E-state index in [1.54, 1.807) is 33.2 Å². The number of aryl methyl sites for hydroxylation is 1. The summed E-state index contributed by atoms with van der Waals surface area (Å²) in [4.78, 5) is 23.1. The number of carbonyl (C=O) groups excluding carboxylic acids is 1. The fraction of sp³-hybridized carbons (Fsp3) is 0.261. The van der Waals surface area contributed by atoms with Crippen molar-refractivity contribution >= 4 is 33.2 Å². The van der Waals surface area contributed by atoms with Crippen molar-refractivity contribution in [2.45, 2.75) is 17.9 Å². The predicted octanol–water partition coefficient (Wildman–Crippen LogP) is 2.78. The second-order valence-corrected chi connectivity index (χ2v) is 9.81. The van der Waals surface area contributed by atoms with Crippen molar-refractivity contribution < 1.29 is 18.3 Å². The van der Waals surface area contributed by atoms with Crippen LogP contribution in [0.2, 0.25) is 0 Å². The molecular formula is C23H27N5O4S. The van der Waals surface area contributed by atoms with Gasteiger partial charge in [-0.2, -0.15) is 4.98 Å². The molecule has 0 bridgehead atoms. The zero-order valence-electron chi connectivity index (χ0n) is 18.9. The van der Waals surface area contributed by atoms with Crippen LogP contribution in [0, 0.1) is 6.92 Å². The third-order valence-corrected chi connectivity index (χ3v) is 6.21. The predicted molar refractivity (Wildman–Crippen MR) is 128 cm³/mol. The molecule has 0 aliphatic rings. The molecule has 33 heavy (non-hydrogen) atoms. The average Bonchev–Trinajstić information content (AvgIpc) is 2.77. The molecule has 10 heteroatoms. The molecule has 1 amide bonds. The number of benzene rings is 2. The second-order valence-electron chi connectivity index (χ2n) is 7.82. The summed E-state index contributed by atoms with van der Waals surface area (Å²) < 4.78 is 23.7. The van der Waals surface area contributed by atoms with Gasteiger partial charge in [-0.25, -0.2) is 13.4 Å². The van der Waals surface area contributed by atoms with Gasteiger partial charge in [-0.05, 0) is 36.2 Å². The number of aromatic nitrogens is 2. The van der Waals surface area contributed by atoms with Gasteiger partial charge in [0.1, 0.15) is 11.4 Å². The Kier molecular flexibility index (Phi) is 7.29. The third-order valence-electron chi connectivity index (χ3n) is 4.95. The molecule has 1 atom stereocenters. The number of amides is 1. The molecule has 0 radical (unpaired) electrons. The van der Waals surface area contributed by atoms with Crippen molar-refractivity contribution in [3.05, 3.63) is 71.4 Å². The molecule has 0 aliphatic heterocycles. The lowest BCUT2D eigenvalue weighted by atomic mass is 10.1. The molecule has 3 rings (SSSR count). The van der Waals surface area contributed by atoms with E-state index in [0.29, 0.717) is 11.3 Å². The van der Waals surface area contributed by atoms with E-state index in [-0.39, 0.29) is 34.7 Å². The van der Waals surface area contributed by atoms with Crippen molar-refractivity contribution in [3.8, 4) is 0 Å². The van der Waals surface area contributed by atoms with E-state index in [1.807, 2.05) is 30.3 Å². The first kappa shape index (κ1) is 24.1. The normalized spacial score (nSPS) is 12.2. The monoisotopic (exact) mass is 469 g/mol.